The molecule has 0 bridgehead atoms. The average molecular weight is 352 g/mol. The first-order chi connectivity index (χ1) is 9.79. The van der Waals surface area contributed by atoms with Crippen LogP contribution in [0.2, 0.25) is 15.1 Å². The molecule has 0 aliphatic heterocycles. The third kappa shape index (κ3) is 3.37. The van der Waals surface area contributed by atoms with Crippen molar-refractivity contribution in [2.45, 2.75) is 0 Å². The van der Waals surface area contributed by atoms with Gasteiger partial charge in [0.15, 0.2) is 5.82 Å². The molecule has 0 aliphatic carbocycles. The normalized spacial score (nSPS) is 10.5. The number of nitrogens with two attached hydrogens (primary N) is 1. The van der Waals surface area contributed by atoms with Crippen LogP contribution in [-0.4, -0.2) is 5.91 Å². The van der Waals surface area contributed by atoms with Gasteiger partial charge in [-0.2, -0.15) is 0 Å². The summed E-state index contributed by atoms with van der Waals surface area (Å²) in [5, 5.41) is 2.12. The molecule has 2 aromatic carbocycles. The summed E-state index contributed by atoms with van der Waals surface area (Å²) in [5.74, 6) is -2.57. The molecule has 0 atom stereocenters. The van der Waals surface area contributed by atoms with Gasteiger partial charge in [-0.15, -0.1) is 0 Å². The number of anilines is 2. The zero-order valence-electron chi connectivity index (χ0n) is 10.2. The Labute approximate surface area is 133 Å². The number of amides is 1. The molecular weight excluding hydrogens is 345 g/mol. The van der Waals surface area contributed by atoms with E-state index in [4.69, 9.17) is 40.5 Å². The van der Waals surface area contributed by atoms with Crippen LogP contribution in [0.25, 0.3) is 0 Å². The molecule has 1 amide bonds. The molecule has 0 saturated carbocycles. The van der Waals surface area contributed by atoms with Crippen LogP contribution in [0.1, 0.15) is 10.4 Å². The molecule has 3 N–H and O–H groups in total. The Morgan fingerprint density at radius 2 is 1.57 bits per heavy atom. The standard InChI is InChI=1S/C13H7Cl3F2N2O/c14-7-1-5(2-8(15)11(7)19)13(21)20-12-9(16)3-6(17)4-10(12)18/h1-4H,19H2,(H,20,21). The quantitative estimate of drug-likeness (QED) is 0.767. The van der Waals surface area contributed by atoms with Gasteiger partial charge in [-0.25, -0.2) is 8.78 Å². The number of carbonyl (C=O) groups is 1. The summed E-state index contributed by atoms with van der Waals surface area (Å²) in [5.41, 5.74) is 5.39. The van der Waals surface area contributed by atoms with Crippen LogP contribution in [0.15, 0.2) is 24.3 Å². The van der Waals surface area contributed by atoms with Gasteiger partial charge in [-0.3, -0.25) is 4.79 Å². The Kier molecular flexibility index (Phi) is 4.56. The highest BCUT2D eigenvalue weighted by Crippen LogP contribution is 2.30. The molecule has 110 valence electrons. The van der Waals surface area contributed by atoms with Crippen molar-refractivity contribution in [1.82, 2.24) is 0 Å². The lowest BCUT2D eigenvalue weighted by Gasteiger charge is -2.10. The van der Waals surface area contributed by atoms with Gasteiger partial charge in [0.25, 0.3) is 5.91 Å². The maximum Gasteiger partial charge on any atom is 0.255 e. The Morgan fingerprint density at radius 1 is 1.00 bits per heavy atom. The number of nitrogen functional groups attached to an aromatic ring is 1. The molecule has 2 rings (SSSR count). The number of benzene rings is 2. The summed E-state index contributed by atoms with van der Waals surface area (Å²) in [6, 6.07) is 4.02. The summed E-state index contributed by atoms with van der Waals surface area (Å²) in [6.07, 6.45) is 0. The van der Waals surface area contributed by atoms with E-state index in [0.29, 0.717) is 6.07 Å². The van der Waals surface area contributed by atoms with E-state index in [0.717, 1.165) is 6.07 Å². The van der Waals surface area contributed by atoms with Crippen LogP contribution < -0.4 is 11.1 Å². The fourth-order valence-corrected chi connectivity index (χ4v) is 2.29. The molecule has 21 heavy (non-hydrogen) atoms. The second kappa shape index (κ2) is 6.05. The van der Waals surface area contributed by atoms with Gasteiger partial charge in [0.2, 0.25) is 0 Å². The van der Waals surface area contributed by atoms with E-state index in [1.54, 1.807) is 0 Å². The second-order valence-corrected chi connectivity index (χ2v) is 5.27. The number of hydrogen-bond acceptors (Lipinski definition) is 2. The number of carbonyl (C=O) groups excluding carboxylic acids is 1. The third-order valence-corrected chi connectivity index (χ3v) is 3.51. The van der Waals surface area contributed by atoms with Gasteiger partial charge >= 0.3 is 0 Å². The number of hydrogen-bond donors (Lipinski definition) is 2. The Morgan fingerprint density at radius 3 is 2.10 bits per heavy atom. The highest BCUT2D eigenvalue weighted by Gasteiger charge is 2.16. The van der Waals surface area contributed by atoms with Crippen molar-refractivity contribution in [2.24, 2.45) is 0 Å². The molecule has 0 saturated heterocycles. The van der Waals surface area contributed by atoms with Crippen LogP contribution in [0, 0.1) is 11.6 Å². The Bertz CT molecular complexity index is 691. The predicted octanol–water partition coefficient (Wildman–Crippen LogP) is 4.76. The molecule has 3 nitrogen and oxygen atoms in total. The highest BCUT2D eigenvalue weighted by atomic mass is 35.5. The fourth-order valence-electron chi connectivity index (χ4n) is 1.56. The summed E-state index contributed by atoms with van der Waals surface area (Å²) >= 11 is 17.3. The lowest BCUT2D eigenvalue weighted by molar-refractivity contribution is 0.102. The summed E-state index contributed by atoms with van der Waals surface area (Å²) < 4.78 is 26.5. The molecule has 0 heterocycles. The van der Waals surface area contributed by atoms with Crippen molar-refractivity contribution in [3.63, 3.8) is 0 Å². The maximum absolute atomic E-state index is 13.6. The first-order valence-corrected chi connectivity index (χ1v) is 6.63. The van der Waals surface area contributed by atoms with Gasteiger partial charge in [0.1, 0.15) is 5.82 Å². The van der Waals surface area contributed by atoms with Gasteiger partial charge in [0, 0.05) is 11.6 Å². The number of rotatable bonds is 2. The van der Waals surface area contributed by atoms with Gasteiger partial charge in [-0.05, 0) is 18.2 Å². The molecule has 0 unspecified atom stereocenters. The van der Waals surface area contributed by atoms with E-state index in [9.17, 15) is 13.6 Å². The van der Waals surface area contributed by atoms with Crippen LogP contribution >= 0.6 is 34.8 Å². The highest BCUT2D eigenvalue weighted by molar-refractivity contribution is 6.39. The zero-order valence-corrected chi connectivity index (χ0v) is 12.5. The minimum absolute atomic E-state index is 0.0546. The summed E-state index contributed by atoms with van der Waals surface area (Å²) in [6.45, 7) is 0. The summed E-state index contributed by atoms with van der Waals surface area (Å²) in [4.78, 5) is 12.0. The fraction of sp³-hybridized carbons (Fsp3) is 0. The summed E-state index contributed by atoms with van der Waals surface area (Å²) in [7, 11) is 0. The van der Waals surface area contributed by atoms with E-state index in [-0.39, 0.29) is 32.0 Å². The van der Waals surface area contributed by atoms with E-state index in [2.05, 4.69) is 5.32 Å². The van der Waals surface area contributed by atoms with Crippen LogP contribution in [0.3, 0.4) is 0 Å². The van der Waals surface area contributed by atoms with Crippen molar-refractivity contribution in [2.75, 3.05) is 11.1 Å². The van der Waals surface area contributed by atoms with Crippen molar-refractivity contribution in [3.8, 4) is 0 Å². The number of nitrogens with one attached hydrogen (secondary N) is 1. The SMILES string of the molecule is Nc1c(Cl)cc(C(=O)Nc2c(F)cc(F)cc2Cl)cc1Cl. The van der Waals surface area contributed by atoms with E-state index in [1.807, 2.05) is 0 Å². The van der Waals surface area contributed by atoms with Gasteiger partial charge in [-0.1, -0.05) is 34.8 Å². The minimum atomic E-state index is -0.999. The minimum Gasteiger partial charge on any atom is -0.396 e. The molecular formula is C13H7Cl3F2N2O. The van der Waals surface area contributed by atoms with Crippen LogP contribution in [0.5, 0.6) is 0 Å². The Hall–Kier alpha value is -1.56. The zero-order chi connectivity index (χ0) is 15.7. The monoisotopic (exact) mass is 350 g/mol. The average Bonchev–Trinajstić information content (AvgIpc) is 2.39. The molecule has 2 aromatic rings. The molecule has 0 aliphatic rings. The van der Waals surface area contributed by atoms with Crippen molar-refractivity contribution in [3.05, 3.63) is 56.5 Å². The molecule has 0 fully saturated rings. The topological polar surface area (TPSA) is 55.1 Å². The second-order valence-electron chi connectivity index (χ2n) is 4.05. The largest absolute Gasteiger partial charge is 0.396 e. The molecule has 0 aromatic heterocycles. The van der Waals surface area contributed by atoms with E-state index < -0.39 is 17.5 Å². The number of halogens is 5. The Balaban J connectivity index is 2.35. The molecule has 8 heteroatoms. The van der Waals surface area contributed by atoms with E-state index in [1.165, 1.54) is 12.1 Å². The predicted molar refractivity (Wildman–Crippen MR) is 80.2 cm³/mol. The van der Waals surface area contributed by atoms with E-state index >= 15 is 0 Å². The van der Waals surface area contributed by atoms with Gasteiger partial charge in [0.05, 0.1) is 26.4 Å². The first kappa shape index (κ1) is 15.8. The molecule has 0 spiro atoms. The maximum atomic E-state index is 13.6. The lowest BCUT2D eigenvalue weighted by Crippen LogP contribution is -2.14. The van der Waals surface area contributed by atoms with Crippen LogP contribution in [-0.2, 0) is 0 Å². The van der Waals surface area contributed by atoms with Crippen molar-refractivity contribution < 1.29 is 13.6 Å². The van der Waals surface area contributed by atoms with Crippen molar-refractivity contribution >= 4 is 52.1 Å². The third-order valence-electron chi connectivity index (χ3n) is 2.59. The molecule has 0 radical (unpaired) electrons. The lowest BCUT2D eigenvalue weighted by atomic mass is 10.2. The smallest absolute Gasteiger partial charge is 0.255 e. The van der Waals surface area contributed by atoms with Crippen molar-refractivity contribution in [1.29, 1.82) is 0 Å². The van der Waals surface area contributed by atoms with Gasteiger partial charge < -0.3 is 11.1 Å². The first-order valence-electron chi connectivity index (χ1n) is 5.50. The van der Waals surface area contributed by atoms with Crippen LogP contribution in [0.4, 0.5) is 20.2 Å².